The lowest BCUT2D eigenvalue weighted by Gasteiger charge is -2.45. The Labute approximate surface area is 168 Å². The zero-order valence-electron chi connectivity index (χ0n) is 15.1. The van der Waals surface area contributed by atoms with Gasteiger partial charge < -0.3 is 9.80 Å². The number of benzene rings is 2. The van der Waals surface area contributed by atoms with E-state index in [1.807, 2.05) is 58.3 Å². The van der Waals surface area contributed by atoms with Crippen LogP contribution in [-0.4, -0.2) is 47.8 Å². The van der Waals surface area contributed by atoms with Crippen LogP contribution in [0.3, 0.4) is 0 Å². The predicted molar refractivity (Wildman–Crippen MR) is 108 cm³/mol. The lowest BCUT2D eigenvalue weighted by molar-refractivity contribution is 0.0241. The second kappa shape index (κ2) is 7.47. The highest BCUT2D eigenvalue weighted by atomic mass is 79.9. The molecule has 27 heavy (non-hydrogen) atoms. The van der Waals surface area contributed by atoms with Gasteiger partial charge in [0.2, 0.25) is 0 Å². The molecule has 0 spiro atoms. The summed E-state index contributed by atoms with van der Waals surface area (Å²) in [7, 11) is 0. The highest BCUT2D eigenvalue weighted by Gasteiger charge is 2.37. The van der Waals surface area contributed by atoms with E-state index in [1.165, 1.54) is 0 Å². The van der Waals surface area contributed by atoms with Crippen LogP contribution in [0.5, 0.6) is 0 Å². The number of fused-ring (bicyclic) bond motifs is 2. The Morgan fingerprint density at radius 1 is 0.852 bits per heavy atom. The van der Waals surface area contributed by atoms with E-state index in [1.54, 1.807) is 0 Å². The number of likely N-dealkylation sites (tertiary alicyclic amines) is 2. The Hall–Kier alpha value is -2.14. The minimum Gasteiger partial charge on any atom is -0.338 e. The minimum atomic E-state index is 0.0601. The largest absolute Gasteiger partial charge is 0.338 e. The minimum absolute atomic E-state index is 0.0601. The number of nitrogens with zero attached hydrogens (tertiary/aromatic N) is 2. The number of halogens is 1. The van der Waals surface area contributed by atoms with Crippen molar-refractivity contribution in [2.75, 3.05) is 26.2 Å². The van der Waals surface area contributed by atoms with Crippen LogP contribution in [0.25, 0.3) is 0 Å². The van der Waals surface area contributed by atoms with Crippen molar-refractivity contribution < 1.29 is 9.59 Å². The van der Waals surface area contributed by atoms with E-state index in [2.05, 4.69) is 22.9 Å². The number of piperidine rings is 2. The number of rotatable bonds is 2. The number of hydrogen-bond donors (Lipinski definition) is 0. The fraction of sp³-hybridized carbons (Fsp3) is 0.318. The summed E-state index contributed by atoms with van der Waals surface area (Å²) < 4.78 is 0.907. The van der Waals surface area contributed by atoms with Crippen molar-refractivity contribution in [3.63, 3.8) is 0 Å². The second-order valence-electron chi connectivity index (χ2n) is 7.56. The van der Waals surface area contributed by atoms with Gasteiger partial charge in [-0.1, -0.05) is 34.1 Å². The van der Waals surface area contributed by atoms with Gasteiger partial charge in [0.1, 0.15) is 0 Å². The van der Waals surface area contributed by atoms with Crippen molar-refractivity contribution >= 4 is 27.7 Å². The average Bonchev–Trinajstić information content (AvgIpc) is 2.68. The average molecular weight is 426 g/mol. The van der Waals surface area contributed by atoms with Crippen LogP contribution < -0.4 is 0 Å². The lowest BCUT2D eigenvalue weighted by atomic mass is 9.84. The first kappa shape index (κ1) is 18.2. The molecule has 2 aromatic rings. The van der Waals surface area contributed by atoms with Gasteiger partial charge in [-0.3, -0.25) is 9.59 Å². The van der Waals surface area contributed by atoms with Crippen molar-refractivity contribution in [2.45, 2.75) is 6.42 Å². The first-order chi connectivity index (χ1) is 13.0. The molecule has 2 aliphatic heterocycles. The van der Waals surface area contributed by atoms with Gasteiger partial charge in [-0.25, -0.2) is 0 Å². The number of carbonyl (C=O) groups is 2. The second-order valence-corrected chi connectivity index (χ2v) is 8.41. The van der Waals surface area contributed by atoms with Crippen molar-refractivity contribution in [3.05, 3.63) is 76.6 Å². The van der Waals surface area contributed by atoms with Crippen molar-refractivity contribution in [1.29, 1.82) is 0 Å². The molecule has 139 valence electrons. The van der Waals surface area contributed by atoms with Gasteiger partial charge in [-0.15, -0.1) is 0 Å². The Bertz CT molecular complexity index is 854. The molecule has 4 rings (SSSR count). The van der Waals surface area contributed by atoms with Gasteiger partial charge >= 0.3 is 0 Å². The van der Waals surface area contributed by atoms with E-state index in [9.17, 15) is 9.59 Å². The molecule has 5 heteroatoms. The molecule has 2 aromatic carbocycles. The van der Waals surface area contributed by atoms with Crippen LogP contribution in [-0.2, 0) is 0 Å². The molecule has 2 heterocycles. The van der Waals surface area contributed by atoms with E-state index < -0.39 is 0 Å². The van der Waals surface area contributed by atoms with E-state index in [0.717, 1.165) is 35.1 Å². The third-order valence-electron chi connectivity index (χ3n) is 5.47. The van der Waals surface area contributed by atoms with Gasteiger partial charge in [0.25, 0.3) is 11.8 Å². The summed E-state index contributed by atoms with van der Waals surface area (Å²) in [5, 5.41) is 0. The summed E-state index contributed by atoms with van der Waals surface area (Å²) >= 11 is 3.43. The molecule has 1 unspecified atom stereocenters. The molecule has 2 bridgehead atoms. The number of hydrogen-bond acceptors (Lipinski definition) is 2. The predicted octanol–water partition coefficient (Wildman–Crippen LogP) is 3.87. The quantitative estimate of drug-likeness (QED) is 0.732. The fourth-order valence-electron chi connectivity index (χ4n) is 4.27. The lowest BCUT2D eigenvalue weighted by Crippen LogP contribution is -2.55. The molecule has 0 aliphatic carbocycles. The maximum absolute atomic E-state index is 12.9. The summed E-state index contributed by atoms with van der Waals surface area (Å²) in [5.74, 6) is 0.831. The van der Waals surface area contributed by atoms with E-state index in [-0.39, 0.29) is 11.8 Å². The van der Waals surface area contributed by atoms with Crippen molar-refractivity contribution in [2.24, 2.45) is 11.8 Å². The van der Waals surface area contributed by atoms with Crippen molar-refractivity contribution in [3.8, 4) is 0 Å². The van der Waals surface area contributed by atoms with E-state index in [4.69, 9.17) is 0 Å². The Morgan fingerprint density at radius 3 is 1.96 bits per heavy atom. The first-order valence-corrected chi connectivity index (χ1v) is 10.1. The standard InChI is InChI=1S/C22H22BrN2O2/c1-15-9-19(7-8-20(15)23)22(27)25-13-16-10-17(14-25)12-24(11-16)21(26)18-5-3-2-4-6-18/h2-9,16-17H,1,10-14H2/t16-,17?/m0/s1. The van der Waals surface area contributed by atoms with Crippen LogP contribution in [0.1, 0.15) is 32.7 Å². The van der Waals surface area contributed by atoms with Crippen LogP contribution in [0, 0.1) is 18.8 Å². The summed E-state index contributed by atoms with van der Waals surface area (Å²) in [6.45, 7) is 6.81. The molecule has 0 aromatic heterocycles. The number of carbonyl (C=O) groups excluding carboxylic acids is 2. The van der Waals surface area contributed by atoms with Gasteiger partial charge in [-0.05, 0) is 61.1 Å². The fourth-order valence-corrected chi connectivity index (χ4v) is 4.51. The molecule has 1 radical (unpaired) electrons. The normalized spacial score (nSPS) is 21.9. The van der Waals surface area contributed by atoms with Gasteiger partial charge in [-0.2, -0.15) is 0 Å². The van der Waals surface area contributed by atoms with E-state index in [0.29, 0.717) is 30.5 Å². The molecule has 0 saturated carbocycles. The topological polar surface area (TPSA) is 40.6 Å². The maximum Gasteiger partial charge on any atom is 0.253 e. The molecule has 2 aliphatic rings. The molecule has 2 saturated heterocycles. The maximum atomic E-state index is 12.9. The monoisotopic (exact) mass is 425 g/mol. The molecular formula is C22H22BrN2O2. The molecule has 2 amide bonds. The Kier molecular flexibility index (Phi) is 5.04. The molecule has 2 fully saturated rings. The van der Waals surface area contributed by atoms with Gasteiger partial charge in [0.05, 0.1) is 0 Å². The van der Waals surface area contributed by atoms with Crippen LogP contribution in [0.4, 0.5) is 0 Å². The summed E-state index contributed by atoms with van der Waals surface area (Å²) in [6, 6.07) is 15.0. The third-order valence-corrected chi connectivity index (χ3v) is 6.24. The van der Waals surface area contributed by atoms with Gasteiger partial charge in [0.15, 0.2) is 0 Å². The summed E-state index contributed by atoms with van der Waals surface area (Å²) in [4.78, 5) is 29.6. The van der Waals surface area contributed by atoms with Crippen LogP contribution in [0.15, 0.2) is 53.0 Å². The highest BCUT2D eigenvalue weighted by Crippen LogP contribution is 2.30. The Balaban J connectivity index is 1.45. The summed E-state index contributed by atoms with van der Waals surface area (Å²) in [6.07, 6.45) is 1.09. The highest BCUT2D eigenvalue weighted by molar-refractivity contribution is 9.10. The molecular weight excluding hydrogens is 404 g/mol. The third kappa shape index (κ3) is 3.79. The molecule has 0 N–H and O–H groups in total. The number of amides is 2. The first-order valence-electron chi connectivity index (χ1n) is 9.26. The van der Waals surface area contributed by atoms with Crippen LogP contribution >= 0.6 is 15.9 Å². The Morgan fingerprint density at radius 2 is 1.41 bits per heavy atom. The van der Waals surface area contributed by atoms with Crippen molar-refractivity contribution in [1.82, 2.24) is 9.80 Å². The van der Waals surface area contributed by atoms with Gasteiger partial charge in [0, 0.05) is 41.8 Å². The zero-order valence-corrected chi connectivity index (χ0v) is 16.7. The molecule has 2 atom stereocenters. The molecule has 4 nitrogen and oxygen atoms in total. The van der Waals surface area contributed by atoms with E-state index >= 15 is 0 Å². The summed E-state index contributed by atoms with van der Waals surface area (Å²) in [5.41, 5.74) is 2.24. The van der Waals surface area contributed by atoms with Crippen LogP contribution in [0.2, 0.25) is 0 Å². The SMILES string of the molecule is [CH2]c1cc(C(=O)N2CC3C[C@@H](CN(C(=O)c4ccccc4)C3)C2)ccc1Br. The zero-order chi connectivity index (χ0) is 19.0. The smallest absolute Gasteiger partial charge is 0.253 e.